The van der Waals surface area contributed by atoms with E-state index in [1.165, 1.54) is 45.2 Å². The predicted octanol–water partition coefficient (Wildman–Crippen LogP) is 1.82. The van der Waals surface area contributed by atoms with Gasteiger partial charge in [-0.25, -0.2) is 0 Å². The molecule has 0 spiro atoms. The van der Waals surface area contributed by atoms with Crippen LogP contribution in [-0.2, 0) is 0 Å². The molecular formula is C16H25N5. The van der Waals surface area contributed by atoms with E-state index >= 15 is 0 Å². The van der Waals surface area contributed by atoms with E-state index in [4.69, 9.17) is 11.1 Å². The number of aromatic nitrogens is 1. The van der Waals surface area contributed by atoms with Crippen LogP contribution in [0.1, 0.15) is 37.7 Å². The normalized spacial score (nSPS) is 21.4. The summed E-state index contributed by atoms with van der Waals surface area (Å²) in [6.45, 7) is 4.62. The van der Waals surface area contributed by atoms with Gasteiger partial charge in [0.05, 0.1) is 11.9 Å². The van der Waals surface area contributed by atoms with E-state index in [1.807, 2.05) is 12.3 Å². The van der Waals surface area contributed by atoms with Crippen LogP contribution >= 0.6 is 0 Å². The second kappa shape index (κ2) is 6.43. The molecule has 3 N–H and O–H groups in total. The molecule has 3 rings (SSSR count). The lowest BCUT2D eigenvalue weighted by Gasteiger charge is -2.41. The van der Waals surface area contributed by atoms with Crippen LogP contribution in [0.2, 0.25) is 0 Å². The van der Waals surface area contributed by atoms with Gasteiger partial charge in [0.1, 0.15) is 5.84 Å². The Hall–Kier alpha value is -1.62. The third-order valence-corrected chi connectivity index (χ3v) is 4.80. The molecule has 5 nitrogen and oxygen atoms in total. The van der Waals surface area contributed by atoms with Gasteiger partial charge in [-0.1, -0.05) is 6.42 Å². The Morgan fingerprint density at radius 2 is 1.86 bits per heavy atom. The first-order valence-electron chi connectivity index (χ1n) is 8.03. The van der Waals surface area contributed by atoms with Gasteiger partial charge in [-0.05, 0) is 44.8 Å². The number of nitrogen functional groups attached to an aromatic ring is 1. The summed E-state index contributed by atoms with van der Waals surface area (Å²) in [4.78, 5) is 9.22. The summed E-state index contributed by atoms with van der Waals surface area (Å²) in [6, 6.07) is 2.58. The summed E-state index contributed by atoms with van der Waals surface area (Å²) in [5.41, 5.74) is 7.51. The molecule has 0 amide bonds. The van der Waals surface area contributed by atoms with E-state index < -0.39 is 0 Å². The quantitative estimate of drug-likeness (QED) is 0.657. The number of rotatable bonds is 3. The Bertz CT molecular complexity index is 487. The minimum atomic E-state index is 0.130. The van der Waals surface area contributed by atoms with Crippen molar-refractivity contribution in [1.82, 2.24) is 9.88 Å². The van der Waals surface area contributed by atoms with Crippen molar-refractivity contribution in [2.75, 3.05) is 31.1 Å². The van der Waals surface area contributed by atoms with E-state index in [-0.39, 0.29) is 5.84 Å². The maximum atomic E-state index is 7.71. The molecule has 0 bridgehead atoms. The zero-order valence-corrected chi connectivity index (χ0v) is 12.6. The predicted molar refractivity (Wildman–Crippen MR) is 85.9 cm³/mol. The maximum absolute atomic E-state index is 7.71. The molecule has 1 aromatic rings. The molecule has 0 aliphatic carbocycles. The van der Waals surface area contributed by atoms with Crippen molar-refractivity contribution < 1.29 is 0 Å². The lowest BCUT2D eigenvalue weighted by Crippen LogP contribution is -2.47. The first-order valence-corrected chi connectivity index (χ1v) is 8.03. The van der Waals surface area contributed by atoms with Crippen LogP contribution in [0, 0.1) is 5.41 Å². The highest BCUT2D eigenvalue weighted by Crippen LogP contribution is 2.26. The lowest BCUT2D eigenvalue weighted by molar-refractivity contribution is 0.141. The average Bonchev–Trinajstić information content (AvgIpc) is 2.56. The van der Waals surface area contributed by atoms with Crippen molar-refractivity contribution in [2.45, 2.75) is 38.1 Å². The number of pyridine rings is 1. The second-order valence-electron chi connectivity index (χ2n) is 6.12. The summed E-state index contributed by atoms with van der Waals surface area (Å²) < 4.78 is 0. The summed E-state index contributed by atoms with van der Waals surface area (Å²) in [6.07, 6.45) is 10.1. The molecule has 21 heavy (non-hydrogen) atoms. The summed E-state index contributed by atoms with van der Waals surface area (Å²) >= 11 is 0. The Labute approximate surface area is 126 Å². The number of amidine groups is 1. The van der Waals surface area contributed by atoms with Crippen molar-refractivity contribution >= 4 is 11.5 Å². The third-order valence-electron chi connectivity index (χ3n) is 4.80. The van der Waals surface area contributed by atoms with Crippen LogP contribution in [0.15, 0.2) is 18.5 Å². The second-order valence-corrected chi connectivity index (χ2v) is 6.12. The van der Waals surface area contributed by atoms with Crippen LogP contribution < -0.4 is 10.6 Å². The number of likely N-dealkylation sites (tertiary alicyclic amines) is 1. The van der Waals surface area contributed by atoms with Gasteiger partial charge in [0.15, 0.2) is 0 Å². The lowest BCUT2D eigenvalue weighted by atomic mass is 9.99. The SMILES string of the molecule is N=C(N)c1ccncc1N1CCC(N2CCCCC2)CC1. The van der Waals surface area contributed by atoms with Gasteiger partial charge >= 0.3 is 0 Å². The highest BCUT2D eigenvalue weighted by molar-refractivity contribution is 6.00. The molecule has 0 saturated carbocycles. The number of hydrogen-bond donors (Lipinski definition) is 2. The highest BCUT2D eigenvalue weighted by Gasteiger charge is 2.26. The number of hydrogen-bond acceptors (Lipinski definition) is 4. The van der Waals surface area contributed by atoms with Crippen LogP contribution in [0.4, 0.5) is 5.69 Å². The topological polar surface area (TPSA) is 69.2 Å². The maximum Gasteiger partial charge on any atom is 0.125 e. The first kappa shape index (κ1) is 14.3. The molecule has 2 fully saturated rings. The highest BCUT2D eigenvalue weighted by atomic mass is 15.2. The number of anilines is 1. The van der Waals surface area contributed by atoms with Crippen LogP contribution in [-0.4, -0.2) is 47.9 Å². The van der Waals surface area contributed by atoms with Crippen molar-refractivity contribution in [2.24, 2.45) is 5.73 Å². The van der Waals surface area contributed by atoms with Crippen LogP contribution in [0.3, 0.4) is 0 Å². The minimum Gasteiger partial charge on any atom is -0.384 e. The van der Waals surface area contributed by atoms with Crippen molar-refractivity contribution in [3.05, 3.63) is 24.0 Å². The fourth-order valence-electron chi connectivity index (χ4n) is 3.62. The van der Waals surface area contributed by atoms with E-state index in [2.05, 4.69) is 14.8 Å². The molecule has 2 aliphatic heterocycles. The number of piperidine rings is 2. The third kappa shape index (κ3) is 3.18. The molecule has 1 aromatic heterocycles. The van der Waals surface area contributed by atoms with Gasteiger partial charge < -0.3 is 15.5 Å². The molecule has 0 atom stereocenters. The van der Waals surface area contributed by atoms with Gasteiger partial charge in [0, 0.05) is 30.9 Å². The number of nitrogens with one attached hydrogen (secondary N) is 1. The number of nitrogens with two attached hydrogens (primary N) is 1. The van der Waals surface area contributed by atoms with E-state index in [0.29, 0.717) is 0 Å². The van der Waals surface area contributed by atoms with E-state index in [1.54, 1.807) is 6.20 Å². The van der Waals surface area contributed by atoms with Crippen molar-refractivity contribution in [3.8, 4) is 0 Å². The molecule has 0 unspecified atom stereocenters. The van der Waals surface area contributed by atoms with Gasteiger partial charge in [-0.3, -0.25) is 10.4 Å². The fraction of sp³-hybridized carbons (Fsp3) is 0.625. The molecule has 5 heteroatoms. The first-order chi connectivity index (χ1) is 10.3. The fourth-order valence-corrected chi connectivity index (χ4v) is 3.62. The van der Waals surface area contributed by atoms with Crippen molar-refractivity contribution in [3.63, 3.8) is 0 Å². The Morgan fingerprint density at radius 3 is 2.52 bits per heavy atom. The summed E-state index contributed by atoms with van der Waals surface area (Å²) in [7, 11) is 0. The van der Waals surface area contributed by atoms with Crippen LogP contribution in [0.5, 0.6) is 0 Å². The standard InChI is InChI=1S/C16H25N5/c17-16(18)14-4-7-19-12-15(14)21-10-5-13(6-11-21)20-8-2-1-3-9-20/h4,7,12-13H,1-3,5-6,8-11H2,(H3,17,18). The van der Waals surface area contributed by atoms with Gasteiger partial charge in [0.2, 0.25) is 0 Å². The zero-order chi connectivity index (χ0) is 14.7. The van der Waals surface area contributed by atoms with E-state index in [9.17, 15) is 0 Å². The summed E-state index contributed by atoms with van der Waals surface area (Å²) in [5, 5.41) is 7.71. The molecule has 2 saturated heterocycles. The van der Waals surface area contributed by atoms with Gasteiger partial charge in [-0.15, -0.1) is 0 Å². The Morgan fingerprint density at radius 1 is 1.14 bits per heavy atom. The molecular weight excluding hydrogens is 262 g/mol. The molecule has 3 heterocycles. The Kier molecular flexibility index (Phi) is 4.39. The molecule has 114 valence electrons. The summed E-state index contributed by atoms with van der Waals surface area (Å²) in [5.74, 6) is 0.130. The van der Waals surface area contributed by atoms with Crippen molar-refractivity contribution in [1.29, 1.82) is 5.41 Å². The van der Waals surface area contributed by atoms with Crippen LogP contribution in [0.25, 0.3) is 0 Å². The smallest absolute Gasteiger partial charge is 0.125 e. The molecule has 2 aliphatic rings. The average molecular weight is 287 g/mol. The van der Waals surface area contributed by atoms with Gasteiger partial charge in [-0.2, -0.15) is 0 Å². The minimum absolute atomic E-state index is 0.130. The Balaban J connectivity index is 1.64. The van der Waals surface area contributed by atoms with Gasteiger partial charge in [0.25, 0.3) is 0 Å². The molecule has 0 aromatic carbocycles. The molecule has 0 radical (unpaired) electrons. The zero-order valence-electron chi connectivity index (χ0n) is 12.6. The monoisotopic (exact) mass is 287 g/mol. The largest absolute Gasteiger partial charge is 0.384 e. The van der Waals surface area contributed by atoms with E-state index in [0.717, 1.165) is 30.4 Å². The number of nitrogens with zero attached hydrogens (tertiary/aromatic N) is 3.